The summed E-state index contributed by atoms with van der Waals surface area (Å²) in [7, 11) is 0. The van der Waals surface area contributed by atoms with Crippen molar-refractivity contribution in [3.05, 3.63) is 28.5 Å². The highest BCUT2D eigenvalue weighted by Crippen LogP contribution is 2.14. The molecular weight excluding hydrogens is 206 g/mol. The molecule has 0 aliphatic carbocycles. The lowest BCUT2D eigenvalue weighted by Crippen LogP contribution is -2.00. The van der Waals surface area contributed by atoms with Gasteiger partial charge in [0.25, 0.3) is 0 Å². The molecule has 0 aliphatic rings. The van der Waals surface area contributed by atoms with E-state index < -0.39 is 0 Å². The fourth-order valence-electron chi connectivity index (χ4n) is 0.758. The lowest BCUT2D eigenvalue weighted by Gasteiger charge is -1.97. The Bertz CT molecular complexity index is 273. The minimum atomic E-state index is 0.0671. The summed E-state index contributed by atoms with van der Waals surface area (Å²) in [5.41, 5.74) is 0.523. The SMILES string of the molecule is CCC(=O)c1ncccc1Br. The van der Waals surface area contributed by atoms with Crippen molar-refractivity contribution in [3.63, 3.8) is 0 Å². The fraction of sp³-hybridized carbons (Fsp3) is 0.250. The van der Waals surface area contributed by atoms with E-state index in [2.05, 4.69) is 20.9 Å². The van der Waals surface area contributed by atoms with Crippen molar-refractivity contribution in [1.29, 1.82) is 0 Å². The Morgan fingerprint density at radius 3 is 3.00 bits per heavy atom. The lowest BCUT2D eigenvalue weighted by atomic mass is 10.2. The third-order valence-corrected chi connectivity index (χ3v) is 1.98. The van der Waals surface area contributed by atoms with Crippen LogP contribution in [0.2, 0.25) is 0 Å². The Hall–Kier alpha value is -0.700. The van der Waals surface area contributed by atoms with Gasteiger partial charge >= 0.3 is 0 Å². The maximum absolute atomic E-state index is 11.1. The van der Waals surface area contributed by atoms with Crippen LogP contribution in [-0.2, 0) is 0 Å². The highest BCUT2D eigenvalue weighted by molar-refractivity contribution is 9.10. The Labute approximate surface area is 73.8 Å². The van der Waals surface area contributed by atoms with Crippen molar-refractivity contribution in [2.45, 2.75) is 13.3 Å². The topological polar surface area (TPSA) is 30.0 Å². The zero-order chi connectivity index (χ0) is 8.27. The van der Waals surface area contributed by atoms with Crippen LogP contribution >= 0.6 is 15.9 Å². The number of pyridine rings is 1. The van der Waals surface area contributed by atoms with E-state index in [-0.39, 0.29) is 5.78 Å². The predicted octanol–water partition coefficient (Wildman–Crippen LogP) is 2.44. The second-order valence-electron chi connectivity index (χ2n) is 2.11. The first-order chi connectivity index (χ1) is 5.25. The van der Waals surface area contributed by atoms with Crippen molar-refractivity contribution < 1.29 is 4.79 Å². The van der Waals surface area contributed by atoms with E-state index in [9.17, 15) is 4.79 Å². The highest BCUT2D eigenvalue weighted by Gasteiger charge is 2.07. The molecule has 1 aromatic heterocycles. The molecule has 0 fully saturated rings. The summed E-state index contributed by atoms with van der Waals surface area (Å²) in [4.78, 5) is 15.1. The minimum absolute atomic E-state index is 0.0671. The van der Waals surface area contributed by atoms with Gasteiger partial charge in [0.1, 0.15) is 5.69 Å². The van der Waals surface area contributed by atoms with Crippen molar-refractivity contribution in [2.75, 3.05) is 0 Å². The van der Waals surface area contributed by atoms with Gasteiger partial charge in [0, 0.05) is 17.1 Å². The van der Waals surface area contributed by atoms with E-state index in [1.54, 1.807) is 12.3 Å². The van der Waals surface area contributed by atoms with Gasteiger partial charge in [0.15, 0.2) is 5.78 Å². The molecule has 1 heterocycles. The van der Waals surface area contributed by atoms with Crippen molar-refractivity contribution in [2.24, 2.45) is 0 Å². The predicted molar refractivity (Wildman–Crippen MR) is 46.6 cm³/mol. The molecule has 1 aromatic rings. The second-order valence-corrected chi connectivity index (χ2v) is 2.96. The molecule has 0 saturated carbocycles. The zero-order valence-corrected chi connectivity index (χ0v) is 7.76. The molecule has 0 radical (unpaired) electrons. The number of halogens is 1. The van der Waals surface area contributed by atoms with Crippen LogP contribution in [0.5, 0.6) is 0 Å². The molecule has 1 rings (SSSR count). The number of hydrogen-bond acceptors (Lipinski definition) is 2. The zero-order valence-electron chi connectivity index (χ0n) is 6.17. The molecular formula is C8H8BrNO. The first kappa shape index (κ1) is 8.40. The van der Waals surface area contributed by atoms with Crippen LogP contribution in [0.25, 0.3) is 0 Å². The van der Waals surface area contributed by atoms with Crippen LogP contribution < -0.4 is 0 Å². The van der Waals surface area contributed by atoms with Crippen molar-refractivity contribution in [1.82, 2.24) is 4.98 Å². The smallest absolute Gasteiger partial charge is 0.182 e. The number of carbonyl (C=O) groups excluding carboxylic acids is 1. The maximum atomic E-state index is 11.1. The summed E-state index contributed by atoms with van der Waals surface area (Å²) in [6.45, 7) is 1.82. The molecule has 0 saturated heterocycles. The van der Waals surface area contributed by atoms with Crippen LogP contribution in [-0.4, -0.2) is 10.8 Å². The van der Waals surface area contributed by atoms with Gasteiger partial charge in [0.05, 0.1) is 0 Å². The average molecular weight is 214 g/mol. The monoisotopic (exact) mass is 213 g/mol. The van der Waals surface area contributed by atoms with E-state index in [1.807, 2.05) is 13.0 Å². The van der Waals surface area contributed by atoms with Gasteiger partial charge in [-0.2, -0.15) is 0 Å². The number of ketones is 1. The van der Waals surface area contributed by atoms with Gasteiger partial charge in [-0.1, -0.05) is 6.92 Å². The molecule has 0 aromatic carbocycles. The molecule has 11 heavy (non-hydrogen) atoms. The Balaban J connectivity index is 3.03. The third-order valence-electron chi connectivity index (χ3n) is 1.34. The molecule has 58 valence electrons. The first-order valence-electron chi connectivity index (χ1n) is 3.39. The summed E-state index contributed by atoms with van der Waals surface area (Å²) >= 11 is 3.25. The quantitative estimate of drug-likeness (QED) is 0.707. The van der Waals surface area contributed by atoms with E-state index in [0.717, 1.165) is 4.47 Å². The molecule has 0 spiro atoms. The molecule has 2 nitrogen and oxygen atoms in total. The Kier molecular flexibility index (Phi) is 2.76. The maximum Gasteiger partial charge on any atom is 0.182 e. The second kappa shape index (κ2) is 3.62. The number of carbonyl (C=O) groups is 1. The van der Waals surface area contributed by atoms with Crippen molar-refractivity contribution >= 4 is 21.7 Å². The molecule has 0 aliphatic heterocycles. The third kappa shape index (κ3) is 1.87. The number of nitrogens with zero attached hydrogens (tertiary/aromatic N) is 1. The molecule has 0 bridgehead atoms. The standard InChI is InChI=1S/C8H8BrNO/c1-2-7(11)8-6(9)4-3-5-10-8/h3-5H,2H2,1H3. The Morgan fingerprint density at radius 2 is 2.45 bits per heavy atom. The van der Waals surface area contributed by atoms with E-state index in [4.69, 9.17) is 0 Å². The normalized spacial score (nSPS) is 9.64. The first-order valence-corrected chi connectivity index (χ1v) is 4.18. The number of aromatic nitrogens is 1. The van der Waals surface area contributed by atoms with Gasteiger partial charge in [0.2, 0.25) is 0 Å². The fourth-order valence-corrected chi connectivity index (χ4v) is 1.23. The van der Waals surface area contributed by atoms with Crippen LogP contribution in [0.15, 0.2) is 22.8 Å². The van der Waals surface area contributed by atoms with Crippen molar-refractivity contribution in [3.8, 4) is 0 Å². The van der Waals surface area contributed by atoms with E-state index >= 15 is 0 Å². The molecule has 0 unspecified atom stereocenters. The van der Waals surface area contributed by atoms with Crippen LogP contribution in [0.1, 0.15) is 23.8 Å². The summed E-state index contributed by atoms with van der Waals surface area (Å²) < 4.78 is 0.770. The van der Waals surface area contributed by atoms with Gasteiger partial charge in [-0.25, -0.2) is 0 Å². The number of hydrogen-bond donors (Lipinski definition) is 0. The molecule has 3 heteroatoms. The van der Waals surface area contributed by atoms with Crippen LogP contribution in [0, 0.1) is 0 Å². The largest absolute Gasteiger partial charge is 0.292 e. The summed E-state index contributed by atoms with van der Waals surface area (Å²) in [6.07, 6.45) is 2.11. The van der Waals surface area contributed by atoms with Crippen LogP contribution in [0.3, 0.4) is 0 Å². The molecule has 0 amide bonds. The van der Waals surface area contributed by atoms with Crippen LogP contribution in [0.4, 0.5) is 0 Å². The van der Waals surface area contributed by atoms with E-state index in [0.29, 0.717) is 12.1 Å². The average Bonchev–Trinajstić information content (AvgIpc) is 2.04. The molecule has 0 N–H and O–H groups in total. The van der Waals surface area contributed by atoms with Gasteiger partial charge in [-0.3, -0.25) is 9.78 Å². The summed E-state index contributed by atoms with van der Waals surface area (Å²) in [6, 6.07) is 3.60. The van der Waals surface area contributed by atoms with Gasteiger partial charge in [-0.05, 0) is 28.1 Å². The van der Waals surface area contributed by atoms with E-state index in [1.165, 1.54) is 0 Å². The molecule has 0 atom stereocenters. The minimum Gasteiger partial charge on any atom is -0.292 e. The Morgan fingerprint density at radius 1 is 1.73 bits per heavy atom. The lowest BCUT2D eigenvalue weighted by molar-refractivity contribution is 0.0982. The van der Waals surface area contributed by atoms with Gasteiger partial charge < -0.3 is 0 Å². The number of Topliss-reactive ketones (excluding diaryl/α,β-unsaturated/α-hetero) is 1. The number of rotatable bonds is 2. The van der Waals surface area contributed by atoms with Gasteiger partial charge in [-0.15, -0.1) is 0 Å². The summed E-state index contributed by atoms with van der Waals surface area (Å²) in [5.74, 6) is 0.0671. The summed E-state index contributed by atoms with van der Waals surface area (Å²) in [5, 5.41) is 0. The highest BCUT2D eigenvalue weighted by atomic mass is 79.9.